The van der Waals surface area contributed by atoms with Crippen molar-refractivity contribution in [1.82, 2.24) is 0 Å². The molecule has 0 N–H and O–H groups in total. The molecule has 1 heteroatoms. The smallest absolute Gasteiger partial charge is 0.0954 e. The Morgan fingerprint density at radius 1 is 1.25 bits per heavy atom. The molecular weight excluding hydrogens is 196 g/mol. The van der Waals surface area contributed by atoms with Gasteiger partial charge in [-0.25, -0.2) is 0 Å². The van der Waals surface area contributed by atoms with E-state index in [4.69, 9.17) is 4.74 Å². The van der Waals surface area contributed by atoms with E-state index in [0.717, 1.165) is 12.8 Å². The number of hydrogen-bond acceptors (Lipinski definition) is 1. The fourth-order valence-corrected chi connectivity index (χ4v) is 2.41. The Labute approximate surface area is 99.6 Å². The maximum atomic E-state index is 5.82. The molecular formula is C15H24O. The van der Waals surface area contributed by atoms with E-state index in [1.165, 1.54) is 18.4 Å². The van der Waals surface area contributed by atoms with Crippen LogP contribution >= 0.6 is 0 Å². The molecule has 0 saturated carbocycles. The predicted octanol–water partition coefficient (Wildman–Crippen LogP) is 4.25. The molecule has 0 aromatic carbocycles. The fourth-order valence-electron chi connectivity index (χ4n) is 2.41. The van der Waals surface area contributed by atoms with Crippen molar-refractivity contribution in [3.8, 4) is 0 Å². The zero-order valence-electron chi connectivity index (χ0n) is 11.0. The summed E-state index contributed by atoms with van der Waals surface area (Å²) in [6, 6.07) is 0. The van der Waals surface area contributed by atoms with E-state index >= 15 is 0 Å². The monoisotopic (exact) mass is 220 g/mol. The molecule has 1 nitrogen and oxygen atoms in total. The SMILES string of the molecule is CC1=CCC(C)(C)C=CC[C@@]2(C)O[C@@H]2CC1. The largest absolute Gasteiger partial charge is 0.366 e. The van der Waals surface area contributed by atoms with Gasteiger partial charge in [0.25, 0.3) is 0 Å². The van der Waals surface area contributed by atoms with Gasteiger partial charge >= 0.3 is 0 Å². The van der Waals surface area contributed by atoms with Crippen LogP contribution in [0.2, 0.25) is 0 Å². The Kier molecular flexibility index (Phi) is 3.00. The molecule has 2 rings (SSSR count). The van der Waals surface area contributed by atoms with Crippen LogP contribution in [-0.4, -0.2) is 11.7 Å². The molecule has 1 heterocycles. The first-order valence-corrected chi connectivity index (χ1v) is 6.42. The molecule has 90 valence electrons. The number of ether oxygens (including phenoxy) is 1. The van der Waals surface area contributed by atoms with Crippen molar-refractivity contribution in [1.29, 1.82) is 0 Å². The zero-order chi connectivity index (χ0) is 11.8. The molecule has 1 aliphatic heterocycles. The van der Waals surface area contributed by atoms with Crippen LogP contribution in [0.1, 0.15) is 53.4 Å². The van der Waals surface area contributed by atoms with Crippen molar-refractivity contribution < 1.29 is 4.74 Å². The summed E-state index contributed by atoms with van der Waals surface area (Å²) in [5.74, 6) is 0. The molecule has 0 amide bonds. The molecule has 0 unspecified atom stereocenters. The van der Waals surface area contributed by atoms with Gasteiger partial charge in [-0.05, 0) is 44.9 Å². The minimum absolute atomic E-state index is 0.136. The van der Waals surface area contributed by atoms with Gasteiger partial charge in [0.2, 0.25) is 0 Å². The quantitative estimate of drug-likeness (QED) is 0.439. The highest BCUT2D eigenvalue weighted by Crippen LogP contribution is 2.43. The Balaban J connectivity index is 2.11. The van der Waals surface area contributed by atoms with Crippen molar-refractivity contribution in [2.75, 3.05) is 0 Å². The molecule has 1 saturated heterocycles. The van der Waals surface area contributed by atoms with Crippen LogP contribution in [0.3, 0.4) is 0 Å². The standard InChI is InChI=1S/C15H24O/c1-12-6-7-13-15(4,16-13)10-5-9-14(2,3)11-8-12/h5,8-9,13H,6-7,10-11H2,1-4H3/t13-,15-/m1/s1. The highest BCUT2D eigenvalue weighted by Gasteiger charge is 2.50. The summed E-state index contributed by atoms with van der Waals surface area (Å²) in [7, 11) is 0. The maximum Gasteiger partial charge on any atom is 0.0954 e. The number of hydrogen-bond donors (Lipinski definition) is 0. The molecule has 0 bridgehead atoms. The Morgan fingerprint density at radius 3 is 2.75 bits per heavy atom. The van der Waals surface area contributed by atoms with Crippen LogP contribution < -0.4 is 0 Å². The Bertz CT molecular complexity index is 324. The molecule has 0 radical (unpaired) electrons. The van der Waals surface area contributed by atoms with Crippen molar-refractivity contribution >= 4 is 0 Å². The summed E-state index contributed by atoms with van der Waals surface area (Å²) in [5, 5.41) is 0. The van der Waals surface area contributed by atoms with Gasteiger partial charge in [-0.2, -0.15) is 0 Å². The second kappa shape index (κ2) is 4.03. The van der Waals surface area contributed by atoms with Crippen molar-refractivity contribution in [2.24, 2.45) is 5.41 Å². The molecule has 0 aromatic rings. The normalized spacial score (nSPS) is 38.2. The van der Waals surface area contributed by atoms with E-state index in [-0.39, 0.29) is 11.0 Å². The zero-order valence-corrected chi connectivity index (χ0v) is 11.0. The topological polar surface area (TPSA) is 12.5 Å². The van der Waals surface area contributed by atoms with Crippen LogP contribution in [0.25, 0.3) is 0 Å². The number of rotatable bonds is 0. The van der Waals surface area contributed by atoms with Crippen LogP contribution in [0.15, 0.2) is 23.8 Å². The first kappa shape index (κ1) is 11.9. The van der Waals surface area contributed by atoms with Crippen molar-refractivity contribution in [3.63, 3.8) is 0 Å². The first-order valence-electron chi connectivity index (χ1n) is 6.42. The van der Waals surface area contributed by atoms with Crippen LogP contribution in [0.4, 0.5) is 0 Å². The third-order valence-electron chi connectivity index (χ3n) is 3.91. The molecule has 0 aromatic heterocycles. The van der Waals surface area contributed by atoms with E-state index in [1.807, 2.05) is 0 Å². The van der Waals surface area contributed by atoms with Crippen molar-refractivity contribution in [3.05, 3.63) is 23.8 Å². The first-order chi connectivity index (χ1) is 7.41. The molecule has 16 heavy (non-hydrogen) atoms. The van der Waals surface area contributed by atoms with Crippen molar-refractivity contribution in [2.45, 2.75) is 65.1 Å². The van der Waals surface area contributed by atoms with Gasteiger partial charge in [-0.15, -0.1) is 0 Å². The number of allylic oxidation sites excluding steroid dienone is 3. The van der Waals surface area contributed by atoms with E-state index in [9.17, 15) is 0 Å². The Hall–Kier alpha value is -0.560. The van der Waals surface area contributed by atoms with E-state index in [0.29, 0.717) is 6.10 Å². The average molecular weight is 220 g/mol. The van der Waals surface area contributed by atoms with E-state index < -0.39 is 0 Å². The lowest BCUT2D eigenvalue weighted by atomic mass is 9.87. The van der Waals surface area contributed by atoms with E-state index in [1.54, 1.807) is 0 Å². The molecule has 2 atom stereocenters. The van der Waals surface area contributed by atoms with Gasteiger partial charge in [-0.3, -0.25) is 0 Å². The predicted molar refractivity (Wildman–Crippen MR) is 68.4 cm³/mol. The summed E-state index contributed by atoms with van der Waals surface area (Å²) in [6.45, 7) is 9.10. The van der Waals surface area contributed by atoms with Gasteiger partial charge in [0.05, 0.1) is 11.7 Å². The van der Waals surface area contributed by atoms with Crippen LogP contribution in [0.5, 0.6) is 0 Å². The van der Waals surface area contributed by atoms with Crippen LogP contribution in [-0.2, 0) is 4.74 Å². The summed E-state index contributed by atoms with van der Waals surface area (Å²) in [4.78, 5) is 0. The second-order valence-corrected chi connectivity index (χ2v) is 6.31. The lowest BCUT2D eigenvalue weighted by Crippen LogP contribution is -2.09. The van der Waals surface area contributed by atoms with Gasteiger partial charge in [0.15, 0.2) is 0 Å². The second-order valence-electron chi connectivity index (χ2n) is 6.31. The third kappa shape index (κ3) is 2.76. The Morgan fingerprint density at radius 2 is 2.00 bits per heavy atom. The molecule has 2 aliphatic rings. The average Bonchev–Trinajstić information content (AvgIpc) is 2.82. The summed E-state index contributed by atoms with van der Waals surface area (Å²) < 4.78 is 5.82. The summed E-state index contributed by atoms with van der Waals surface area (Å²) in [5.41, 5.74) is 1.94. The summed E-state index contributed by atoms with van der Waals surface area (Å²) >= 11 is 0. The minimum Gasteiger partial charge on any atom is -0.366 e. The highest BCUT2D eigenvalue weighted by atomic mass is 16.6. The molecule has 1 aliphatic carbocycles. The maximum absolute atomic E-state index is 5.82. The lowest BCUT2D eigenvalue weighted by Gasteiger charge is -2.18. The third-order valence-corrected chi connectivity index (χ3v) is 3.91. The fraction of sp³-hybridized carbons (Fsp3) is 0.733. The number of epoxide rings is 1. The number of fused-ring (bicyclic) bond motifs is 1. The van der Waals surface area contributed by atoms with Gasteiger partial charge in [-0.1, -0.05) is 37.6 Å². The molecule has 1 fully saturated rings. The molecule has 0 spiro atoms. The lowest BCUT2D eigenvalue weighted by molar-refractivity contribution is 0.306. The highest BCUT2D eigenvalue weighted by molar-refractivity contribution is 5.11. The van der Waals surface area contributed by atoms with Gasteiger partial charge in [0.1, 0.15) is 0 Å². The summed E-state index contributed by atoms with van der Waals surface area (Å²) in [6.07, 6.45) is 12.2. The minimum atomic E-state index is 0.136. The van der Waals surface area contributed by atoms with Gasteiger partial charge in [0, 0.05) is 0 Å². The van der Waals surface area contributed by atoms with Crippen LogP contribution in [0, 0.1) is 5.41 Å². The van der Waals surface area contributed by atoms with E-state index in [2.05, 4.69) is 45.9 Å². The van der Waals surface area contributed by atoms with Gasteiger partial charge < -0.3 is 4.74 Å².